The van der Waals surface area contributed by atoms with Crippen LogP contribution >= 0.6 is 0 Å². The molecule has 0 aromatic heterocycles. The fourth-order valence-electron chi connectivity index (χ4n) is 2.74. The van der Waals surface area contributed by atoms with Gasteiger partial charge < -0.3 is 14.7 Å². The lowest BCUT2D eigenvalue weighted by atomic mass is 9.97. The van der Waals surface area contributed by atoms with E-state index in [1.54, 1.807) is 0 Å². The Bertz CT molecular complexity index is 295. The van der Waals surface area contributed by atoms with Gasteiger partial charge in [-0.15, -0.1) is 0 Å². The number of oxime groups is 1. The van der Waals surface area contributed by atoms with E-state index in [4.69, 9.17) is 14.7 Å². The number of ether oxygens (including phenoxy) is 2. The van der Waals surface area contributed by atoms with E-state index in [-0.39, 0.29) is 23.3 Å². The van der Waals surface area contributed by atoms with Gasteiger partial charge in [0.1, 0.15) is 5.71 Å². The van der Waals surface area contributed by atoms with Crippen molar-refractivity contribution in [1.29, 1.82) is 0 Å². The Labute approximate surface area is 81.7 Å². The van der Waals surface area contributed by atoms with Gasteiger partial charge in [-0.3, -0.25) is 4.79 Å². The molecule has 0 saturated heterocycles. The molecule has 2 aliphatic rings. The Morgan fingerprint density at radius 2 is 1.93 bits per heavy atom. The normalized spacial score (nSPS) is 37.0. The highest BCUT2D eigenvalue weighted by molar-refractivity contribution is 6.44. The molecule has 0 amide bonds. The summed E-state index contributed by atoms with van der Waals surface area (Å²) in [6.07, 6.45) is 1.52. The molecular formula is C9H13NO4. The fraction of sp³-hybridized carbons (Fsp3) is 0.778. The Balaban J connectivity index is 2.45. The van der Waals surface area contributed by atoms with Crippen molar-refractivity contribution in [3.63, 3.8) is 0 Å². The lowest BCUT2D eigenvalue weighted by Gasteiger charge is -2.29. The van der Waals surface area contributed by atoms with Crippen LogP contribution in [0.2, 0.25) is 0 Å². The minimum Gasteiger partial charge on any atom is -0.411 e. The smallest absolute Gasteiger partial charge is 0.189 e. The lowest BCUT2D eigenvalue weighted by molar-refractivity contribution is -0.228. The van der Waals surface area contributed by atoms with Gasteiger partial charge >= 0.3 is 0 Å². The Morgan fingerprint density at radius 1 is 1.36 bits per heavy atom. The average molecular weight is 199 g/mol. The number of hydrogen-bond donors (Lipinski definition) is 1. The van der Waals surface area contributed by atoms with E-state index in [2.05, 4.69) is 5.16 Å². The molecule has 2 rings (SSSR count). The molecule has 0 aromatic rings. The fourth-order valence-corrected chi connectivity index (χ4v) is 2.74. The predicted octanol–water partition coefficient (Wildman–Crippen LogP) is 0.415. The Morgan fingerprint density at radius 3 is 2.29 bits per heavy atom. The Kier molecular flexibility index (Phi) is 2.08. The summed E-state index contributed by atoms with van der Waals surface area (Å²) in [7, 11) is 3.03. The zero-order valence-corrected chi connectivity index (χ0v) is 8.19. The molecule has 2 aliphatic carbocycles. The monoisotopic (exact) mass is 199 g/mol. The highest BCUT2D eigenvalue weighted by atomic mass is 16.7. The van der Waals surface area contributed by atoms with E-state index in [0.717, 1.165) is 12.8 Å². The summed E-state index contributed by atoms with van der Waals surface area (Å²) in [6.45, 7) is 0. The average Bonchev–Trinajstić information content (AvgIpc) is 2.68. The van der Waals surface area contributed by atoms with E-state index in [9.17, 15) is 4.79 Å². The standard InChI is InChI=1S/C9H13NO4/c1-13-9(14-2)5-3-4-6(9)8(11)7(5)10-12/h5-6,12H,3-4H2,1-2H3/t5-,6+/m1/s1. The largest absolute Gasteiger partial charge is 0.411 e. The molecule has 0 aromatic carbocycles. The summed E-state index contributed by atoms with van der Waals surface area (Å²) >= 11 is 0. The van der Waals surface area contributed by atoms with Gasteiger partial charge in [0, 0.05) is 14.2 Å². The maximum absolute atomic E-state index is 11.7. The van der Waals surface area contributed by atoms with Crippen LogP contribution in [-0.2, 0) is 14.3 Å². The Hall–Kier alpha value is -0.940. The predicted molar refractivity (Wildman–Crippen MR) is 47.2 cm³/mol. The molecule has 5 heteroatoms. The number of methoxy groups -OCH3 is 2. The number of Topliss-reactive ketones (excluding diaryl/α,β-unsaturated/α-hetero) is 1. The van der Waals surface area contributed by atoms with Crippen LogP contribution < -0.4 is 0 Å². The maximum Gasteiger partial charge on any atom is 0.189 e. The van der Waals surface area contributed by atoms with Crippen molar-refractivity contribution in [2.45, 2.75) is 18.6 Å². The molecule has 2 fully saturated rings. The van der Waals surface area contributed by atoms with Crippen LogP contribution in [0.1, 0.15) is 12.8 Å². The summed E-state index contributed by atoms with van der Waals surface area (Å²) in [4.78, 5) is 11.7. The molecule has 78 valence electrons. The van der Waals surface area contributed by atoms with Crippen molar-refractivity contribution >= 4 is 11.5 Å². The van der Waals surface area contributed by atoms with E-state index < -0.39 is 5.79 Å². The van der Waals surface area contributed by atoms with Gasteiger partial charge in [-0.25, -0.2) is 0 Å². The first-order chi connectivity index (χ1) is 6.71. The third-order valence-corrected chi connectivity index (χ3v) is 3.36. The van der Waals surface area contributed by atoms with Crippen LogP contribution in [0.5, 0.6) is 0 Å². The third kappa shape index (κ3) is 0.861. The topological polar surface area (TPSA) is 68.1 Å². The van der Waals surface area contributed by atoms with Crippen LogP contribution in [0.3, 0.4) is 0 Å². The maximum atomic E-state index is 11.7. The molecular weight excluding hydrogens is 186 g/mol. The SMILES string of the molecule is COC1(OC)[C@@H]2CC[C@H]1C(=O)C2=NO. The number of carbonyl (C=O) groups is 1. The molecule has 0 spiro atoms. The van der Waals surface area contributed by atoms with Crippen LogP contribution in [-0.4, -0.2) is 36.7 Å². The van der Waals surface area contributed by atoms with E-state index >= 15 is 0 Å². The van der Waals surface area contributed by atoms with Gasteiger partial charge in [-0.2, -0.15) is 0 Å². The number of nitrogens with zero attached hydrogens (tertiary/aromatic N) is 1. The second-order valence-corrected chi connectivity index (χ2v) is 3.66. The number of hydrogen-bond acceptors (Lipinski definition) is 5. The van der Waals surface area contributed by atoms with Crippen molar-refractivity contribution in [3.8, 4) is 0 Å². The highest BCUT2D eigenvalue weighted by Gasteiger charge is 2.64. The van der Waals surface area contributed by atoms with Crippen LogP contribution in [0.25, 0.3) is 0 Å². The molecule has 2 saturated carbocycles. The number of fused-ring (bicyclic) bond motifs is 2. The van der Waals surface area contributed by atoms with Crippen molar-refractivity contribution in [3.05, 3.63) is 0 Å². The van der Waals surface area contributed by atoms with Crippen molar-refractivity contribution < 1.29 is 19.5 Å². The summed E-state index contributed by atoms with van der Waals surface area (Å²) in [5, 5.41) is 11.8. The van der Waals surface area contributed by atoms with Crippen molar-refractivity contribution in [2.24, 2.45) is 17.0 Å². The van der Waals surface area contributed by atoms with E-state index in [1.807, 2.05) is 0 Å². The molecule has 0 radical (unpaired) electrons. The minimum atomic E-state index is -0.890. The van der Waals surface area contributed by atoms with Crippen LogP contribution in [0, 0.1) is 11.8 Å². The first kappa shape index (κ1) is 9.61. The van der Waals surface area contributed by atoms with E-state index in [1.165, 1.54) is 14.2 Å². The van der Waals surface area contributed by atoms with Gasteiger partial charge in [0.15, 0.2) is 11.6 Å². The van der Waals surface area contributed by atoms with Crippen LogP contribution in [0.15, 0.2) is 5.16 Å². The summed E-state index contributed by atoms with van der Waals surface area (Å²) in [5.74, 6) is -1.57. The second-order valence-electron chi connectivity index (χ2n) is 3.66. The molecule has 5 nitrogen and oxygen atoms in total. The third-order valence-electron chi connectivity index (χ3n) is 3.36. The van der Waals surface area contributed by atoms with E-state index in [0.29, 0.717) is 0 Å². The second kappa shape index (κ2) is 3.03. The quantitative estimate of drug-likeness (QED) is 0.397. The molecule has 1 N–H and O–H groups in total. The molecule has 0 aliphatic heterocycles. The van der Waals surface area contributed by atoms with Gasteiger partial charge in [-0.05, 0) is 12.8 Å². The minimum absolute atomic E-state index is 0.146. The number of rotatable bonds is 2. The molecule has 0 unspecified atom stereocenters. The molecule has 2 bridgehead atoms. The van der Waals surface area contributed by atoms with Gasteiger partial charge in [0.25, 0.3) is 0 Å². The zero-order valence-electron chi connectivity index (χ0n) is 8.19. The molecule has 14 heavy (non-hydrogen) atoms. The lowest BCUT2D eigenvalue weighted by Crippen LogP contribution is -2.40. The summed E-state index contributed by atoms with van der Waals surface area (Å²) in [5.41, 5.74) is 0.199. The van der Waals surface area contributed by atoms with Gasteiger partial charge in [0.2, 0.25) is 0 Å². The van der Waals surface area contributed by atoms with Crippen molar-refractivity contribution in [2.75, 3.05) is 14.2 Å². The number of ketones is 1. The first-order valence-corrected chi connectivity index (χ1v) is 4.57. The van der Waals surface area contributed by atoms with Gasteiger partial charge in [0.05, 0.1) is 11.8 Å². The first-order valence-electron chi connectivity index (χ1n) is 4.57. The summed E-state index contributed by atoms with van der Waals surface area (Å²) in [6, 6.07) is 0. The highest BCUT2D eigenvalue weighted by Crippen LogP contribution is 2.50. The molecule has 2 atom stereocenters. The number of carbonyl (C=O) groups excluding carboxylic acids is 1. The zero-order chi connectivity index (χ0) is 10.3. The van der Waals surface area contributed by atoms with Crippen molar-refractivity contribution in [1.82, 2.24) is 0 Å². The molecule has 0 heterocycles. The van der Waals surface area contributed by atoms with Crippen LogP contribution in [0.4, 0.5) is 0 Å². The van der Waals surface area contributed by atoms with Gasteiger partial charge in [-0.1, -0.05) is 5.16 Å². The summed E-state index contributed by atoms with van der Waals surface area (Å²) < 4.78 is 10.6.